The van der Waals surface area contributed by atoms with Crippen LogP contribution in [-0.2, 0) is 6.54 Å². The van der Waals surface area contributed by atoms with Crippen molar-refractivity contribution in [3.63, 3.8) is 0 Å². The number of hydrogen-bond donors (Lipinski definition) is 0. The van der Waals surface area contributed by atoms with Gasteiger partial charge in [-0.25, -0.2) is 4.98 Å². The summed E-state index contributed by atoms with van der Waals surface area (Å²) >= 11 is 7.75. The van der Waals surface area contributed by atoms with Gasteiger partial charge in [0.05, 0.1) is 18.4 Å². The van der Waals surface area contributed by atoms with Crippen LogP contribution in [0.3, 0.4) is 0 Å². The largest absolute Gasteiger partial charge is 0.294 e. The van der Waals surface area contributed by atoms with Gasteiger partial charge in [-0.3, -0.25) is 14.3 Å². The Labute approximate surface area is 133 Å². The van der Waals surface area contributed by atoms with Gasteiger partial charge in [-0.15, -0.1) is 0 Å². The third kappa shape index (κ3) is 2.43. The lowest BCUT2D eigenvalue weighted by molar-refractivity contribution is 0.733. The normalized spacial score (nSPS) is 10.9. The van der Waals surface area contributed by atoms with E-state index < -0.39 is 0 Å². The van der Waals surface area contributed by atoms with Gasteiger partial charge in [-0.05, 0) is 34.2 Å². The van der Waals surface area contributed by atoms with Gasteiger partial charge in [0.2, 0.25) is 0 Å². The van der Waals surface area contributed by atoms with Crippen LogP contribution >= 0.6 is 34.2 Å². The first-order valence-electron chi connectivity index (χ1n) is 5.90. The van der Waals surface area contributed by atoms with Gasteiger partial charge >= 0.3 is 0 Å². The Morgan fingerprint density at radius 3 is 2.85 bits per heavy atom. The fraction of sp³-hybridized carbons (Fsp3) is 0.0714. The lowest BCUT2D eigenvalue weighted by atomic mass is 10.1. The first-order chi connectivity index (χ1) is 9.66. The molecule has 0 saturated heterocycles. The zero-order chi connectivity index (χ0) is 14.1. The molecule has 1 aromatic carbocycles. The molecule has 0 unspecified atom stereocenters. The summed E-state index contributed by atoms with van der Waals surface area (Å²) in [4.78, 5) is 20.5. The monoisotopic (exact) mass is 397 g/mol. The fourth-order valence-corrected chi connectivity index (χ4v) is 2.61. The molecule has 0 spiro atoms. The summed E-state index contributed by atoms with van der Waals surface area (Å²) in [7, 11) is 0. The summed E-state index contributed by atoms with van der Waals surface area (Å²) in [5.41, 5.74) is 1.73. The zero-order valence-corrected chi connectivity index (χ0v) is 13.2. The molecule has 0 amide bonds. The van der Waals surface area contributed by atoms with E-state index in [0.29, 0.717) is 10.1 Å². The minimum Gasteiger partial charge on any atom is -0.294 e. The average molecular weight is 398 g/mol. The zero-order valence-electron chi connectivity index (χ0n) is 10.3. The Hall–Kier alpha value is -1.47. The Morgan fingerprint density at radius 1 is 1.20 bits per heavy atom. The van der Waals surface area contributed by atoms with Crippen molar-refractivity contribution < 1.29 is 0 Å². The highest BCUT2D eigenvalue weighted by Gasteiger charge is 2.09. The molecule has 0 aliphatic heterocycles. The summed E-state index contributed by atoms with van der Waals surface area (Å²) in [6.45, 7) is 0.424. The lowest BCUT2D eigenvalue weighted by Crippen LogP contribution is -2.23. The van der Waals surface area contributed by atoms with E-state index in [-0.39, 0.29) is 10.7 Å². The Morgan fingerprint density at radius 2 is 2.00 bits per heavy atom. The van der Waals surface area contributed by atoms with E-state index in [1.165, 1.54) is 10.9 Å². The minimum absolute atomic E-state index is 0.140. The molecule has 0 aliphatic carbocycles. The third-order valence-electron chi connectivity index (χ3n) is 3.00. The van der Waals surface area contributed by atoms with Crippen LogP contribution in [0.5, 0.6) is 0 Å². The maximum atomic E-state index is 12.1. The number of rotatable bonds is 2. The molecule has 0 N–H and O–H groups in total. The SMILES string of the molecule is O=c1c(I)c(Cl)ncn1Cc1cccc2cccnc12. The van der Waals surface area contributed by atoms with Crippen LogP contribution < -0.4 is 5.56 Å². The van der Waals surface area contributed by atoms with Crippen molar-refractivity contribution in [3.8, 4) is 0 Å². The lowest BCUT2D eigenvalue weighted by Gasteiger charge is -2.08. The maximum absolute atomic E-state index is 12.1. The molecule has 6 heteroatoms. The Bertz CT molecular complexity index is 842. The standard InChI is InChI=1S/C14H9ClIN3O/c15-13-11(16)14(20)19(8-18-13)7-10-4-1-3-9-5-2-6-17-12(9)10/h1-6,8H,7H2. The predicted octanol–water partition coefficient (Wildman–Crippen LogP) is 3.10. The summed E-state index contributed by atoms with van der Waals surface area (Å²) < 4.78 is 1.97. The first kappa shape index (κ1) is 13.5. The van der Waals surface area contributed by atoms with E-state index in [1.54, 1.807) is 6.20 Å². The van der Waals surface area contributed by atoms with Crippen LogP contribution in [0.2, 0.25) is 5.15 Å². The molecule has 0 bridgehead atoms. The second kappa shape index (κ2) is 5.49. The van der Waals surface area contributed by atoms with E-state index in [0.717, 1.165) is 16.5 Å². The topological polar surface area (TPSA) is 47.8 Å². The third-order valence-corrected chi connectivity index (χ3v) is 4.57. The van der Waals surface area contributed by atoms with Gasteiger partial charge < -0.3 is 0 Å². The second-order valence-electron chi connectivity index (χ2n) is 4.27. The van der Waals surface area contributed by atoms with Crippen molar-refractivity contribution in [1.82, 2.24) is 14.5 Å². The number of pyridine rings is 1. The van der Waals surface area contributed by atoms with Crippen molar-refractivity contribution in [2.24, 2.45) is 0 Å². The number of aromatic nitrogens is 3. The smallest absolute Gasteiger partial charge is 0.268 e. The number of fused-ring (bicyclic) bond motifs is 1. The van der Waals surface area contributed by atoms with Gasteiger partial charge in [0.15, 0.2) is 0 Å². The molecule has 2 aromatic heterocycles. The van der Waals surface area contributed by atoms with Gasteiger partial charge in [-0.1, -0.05) is 35.9 Å². The summed E-state index contributed by atoms with van der Waals surface area (Å²) in [6, 6.07) is 9.81. The van der Waals surface area contributed by atoms with Gasteiger partial charge in [0.25, 0.3) is 5.56 Å². The highest BCUT2D eigenvalue weighted by Crippen LogP contribution is 2.17. The fourth-order valence-electron chi connectivity index (χ4n) is 2.03. The van der Waals surface area contributed by atoms with E-state index in [1.807, 2.05) is 52.9 Å². The van der Waals surface area contributed by atoms with Crippen molar-refractivity contribution >= 4 is 45.1 Å². The van der Waals surface area contributed by atoms with Crippen LogP contribution in [0.1, 0.15) is 5.56 Å². The Kier molecular flexibility index (Phi) is 3.71. The van der Waals surface area contributed by atoms with Crippen molar-refractivity contribution in [2.75, 3.05) is 0 Å². The van der Waals surface area contributed by atoms with Crippen LogP contribution in [-0.4, -0.2) is 14.5 Å². The molecule has 0 radical (unpaired) electrons. The average Bonchev–Trinajstić information content (AvgIpc) is 2.48. The van der Waals surface area contributed by atoms with Crippen LogP contribution in [0.25, 0.3) is 10.9 Å². The molecule has 0 fully saturated rings. The predicted molar refractivity (Wildman–Crippen MR) is 87.1 cm³/mol. The molecule has 3 rings (SSSR count). The molecule has 0 aliphatic rings. The summed E-state index contributed by atoms with van der Waals surface area (Å²) in [5.74, 6) is 0. The maximum Gasteiger partial charge on any atom is 0.268 e. The Balaban J connectivity index is 2.11. The molecule has 100 valence electrons. The molecule has 2 heterocycles. The van der Waals surface area contributed by atoms with Gasteiger partial charge in [0, 0.05) is 11.6 Å². The van der Waals surface area contributed by atoms with E-state index >= 15 is 0 Å². The summed E-state index contributed by atoms with van der Waals surface area (Å²) in [5, 5.41) is 1.29. The molecule has 3 aromatic rings. The number of nitrogens with zero attached hydrogens (tertiary/aromatic N) is 3. The van der Waals surface area contributed by atoms with Gasteiger partial charge in [0.1, 0.15) is 8.72 Å². The number of benzene rings is 1. The van der Waals surface area contributed by atoms with E-state index in [2.05, 4.69) is 9.97 Å². The molecule has 4 nitrogen and oxygen atoms in total. The molecule has 20 heavy (non-hydrogen) atoms. The molecular weight excluding hydrogens is 389 g/mol. The quantitative estimate of drug-likeness (QED) is 0.493. The number of hydrogen-bond acceptors (Lipinski definition) is 3. The second-order valence-corrected chi connectivity index (χ2v) is 5.71. The van der Waals surface area contributed by atoms with E-state index in [9.17, 15) is 4.79 Å². The highest BCUT2D eigenvalue weighted by atomic mass is 127. The van der Waals surface area contributed by atoms with Crippen LogP contribution in [0, 0.1) is 3.57 Å². The molecule has 0 saturated carbocycles. The highest BCUT2D eigenvalue weighted by molar-refractivity contribution is 14.1. The van der Waals surface area contributed by atoms with Crippen molar-refractivity contribution in [1.29, 1.82) is 0 Å². The number of halogens is 2. The van der Waals surface area contributed by atoms with Crippen LogP contribution in [0.15, 0.2) is 47.7 Å². The molecular formula is C14H9ClIN3O. The first-order valence-corrected chi connectivity index (χ1v) is 7.35. The summed E-state index contributed by atoms with van der Waals surface area (Å²) in [6.07, 6.45) is 3.22. The minimum atomic E-state index is -0.140. The van der Waals surface area contributed by atoms with Crippen LogP contribution in [0.4, 0.5) is 0 Å². The molecule has 0 atom stereocenters. The van der Waals surface area contributed by atoms with Crippen molar-refractivity contribution in [3.05, 3.63) is 67.5 Å². The number of para-hydroxylation sites is 1. The van der Waals surface area contributed by atoms with Crippen molar-refractivity contribution in [2.45, 2.75) is 6.54 Å². The van der Waals surface area contributed by atoms with E-state index in [4.69, 9.17) is 11.6 Å². The van der Waals surface area contributed by atoms with Gasteiger partial charge in [-0.2, -0.15) is 0 Å².